The third kappa shape index (κ3) is 2.92. The molecule has 0 spiro atoms. The Labute approximate surface area is 120 Å². The third-order valence-corrected chi connectivity index (χ3v) is 3.80. The lowest BCUT2D eigenvalue weighted by Gasteiger charge is -2.36. The molecule has 1 heterocycles. The molecular weight excluding hydrogens is 246 g/mol. The van der Waals surface area contributed by atoms with Gasteiger partial charge in [-0.25, -0.2) is 0 Å². The molecule has 0 bridgehead atoms. The van der Waals surface area contributed by atoms with E-state index in [1.165, 1.54) is 16.7 Å². The maximum absolute atomic E-state index is 5.96. The van der Waals surface area contributed by atoms with Crippen LogP contribution >= 0.6 is 0 Å². The second-order valence-electron chi connectivity index (χ2n) is 6.05. The normalized spacial score (nSPS) is 21.6. The zero-order valence-corrected chi connectivity index (χ0v) is 12.1. The van der Waals surface area contributed by atoms with Crippen LogP contribution in [0.15, 0.2) is 54.6 Å². The molecule has 3 rings (SSSR count). The van der Waals surface area contributed by atoms with Gasteiger partial charge in [-0.1, -0.05) is 54.6 Å². The van der Waals surface area contributed by atoms with Crippen molar-refractivity contribution in [2.75, 3.05) is 13.2 Å². The zero-order valence-electron chi connectivity index (χ0n) is 12.1. The van der Waals surface area contributed by atoms with E-state index in [2.05, 4.69) is 67.7 Å². The predicted molar refractivity (Wildman–Crippen MR) is 82.7 cm³/mol. The van der Waals surface area contributed by atoms with E-state index in [9.17, 15) is 0 Å². The van der Waals surface area contributed by atoms with Gasteiger partial charge in [-0.3, -0.25) is 0 Å². The van der Waals surface area contributed by atoms with Crippen molar-refractivity contribution in [2.24, 2.45) is 0 Å². The summed E-state index contributed by atoms with van der Waals surface area (Å²) >= 11 is 0. The van der Waals surface area contributed by atoms with Gasteiger partial charge in [0.05, 0.1) is 12.7 Å². The van der Waals surface area contributed by atoms with Gasteiger partial charge in [-0.05, 0) is 30.5 Å². The topological polar surface area (TPSA) is 21.3 Å². The molecule has 0 aliphatic carbocycles. The molecule has 0 aromatic heterocycles. The summed E-state index contributed by atoms with van der Waals surface area (Å²) in [4.78, 5) is 0. The van der Waals surface area contributed by atoms with Crippen LogP contribution < -0.4 is 5.32 Å². The molecule has 0 radical (unpaired) electrons. The minimum Gasteiger partial charge on any atom is -0.370 e. The molecule has 2 aromatic rings. The van der Waals surface area contributed by atoms with Gasteiger partial charge in [0.2, 0.25) is 0 Å². The van der Waals surface area contributed by atoms with Crippen molar-refractivity contribution in [3.63, 3.8) is 0 Å². The van der Waals surface area contributed by atoms with Gasteiger partial charge >= 0.3 is 0 Å². The summed E-state index contributed by atoms with van der Waals surface area (Å²) in [5.74, 6) is 0. The van der Waals surface area contributed by atoms with Gasteiger partial charge in [0.1, 0.15) is 0 Å². The Morgan fingerprint density at radius 2 is 1.60 bits per heavy atom. The lowest BCUT2D eigenvalue weighted by Crippen LogP contribution is -2.50. The minimum absolute atomic E-state index is 0.0838. The van der Waals surface area contributed by atoms with Gasteiger partial charge in [0.25, 0.3) is 0 Å². The van der Waals surface area contributed by atoms with Crippen molar-refractivity contribution >= 4 is 0 Å². The molecule has 1 aliphatic heterocycles. The molecule has 2 nitrogen and oxygen atoms in total. The molecular formula is C18H21NO. The number of hydrogen-bond donors (Lipinski definition) is 1. The fourth-order valence-corrected chi connectivity index (χ4v) is 2.52. The number of hydrogen-bond acceptors (Lipinski definition) is 2. The predicted octanol–water partition coefficient (Wildman–Crippen LogP) is 3.79. The first-order valence-corrected chi connectivity index (χ1v) is 7.16. The van der Waals surface area contributed by atoms with Gasteiger partial charge in [0, 0.05) is 12.1 Å². The Balaban J connectivity index is 1.74. The number of nitrogens with one attached hydrogen (secondary N) is 1. The van der Waals surface area contributed by atoms with Crippen LogP contribution in [0.2, 0.25) is 0 Å². The van der Waals surface area contributed by atoms with E-state index in [0.29, 0.717) is 0 Å². The SMILES string of the molecule is CC1(C)COC(c2ccc(-c3ccccc3)cc2)CN1. The highest BCUT2D eigenvalue weighted by molar-refractivity contribution is 5.63. The Hall–Kier alpha value is -1.64. The van der Waals surface area contributed by atoms with Crippen LogP contribution in [-0.2, 0) is 4.74 Å². The maximum atomic E-state index is 5.96. The van der Waals surface area contributed by atoms with Crippen molar-refractivity contribution in [3.8, 4) is 11.1 Å². The summed E-state index contributed by atoms with van der Waals surface area (Å²) in [7, 11) is 0. The average molecular weight is 267 g/mol. The standard InChI is InChI=1S/C18H21NO/c1-18(2)13-20-17(12-19-18)16-10-8-15(9-11-16)14-6-4-3-5-7-14/h3-11,17,19H,12-13H2,1-2H3. The summed E-state index contributed by atoms with van der Waals surface area (Å²) in [5, 5.41) is 3.53. The number of benzene rings is 2. The van der Waals surface area contributed by atoms with E-state index in [1.807, 2.05) is 6.07 Å². The van der Waals surface area contributed by atoms with Crippen molar-refractivity contribution < 1.29 is 4.74 Å². The Bertz CT molecular complexity index is 550. The highest BCUT2D eigenvalue weighted by atomic mass is 16.5. The molecule has 104 valence electrons. The Kier molecular flexibility index (Phi) is 3.60. The fourth-order valence-electron chi connectivity index (χ4n) is 2.52. The summed E-state index contributed by atoms with van der Waals surface area (Å²) in [6.07, 6.45) is 0.160. The molecule has 1 atom stereocenters. The number of ether oxygens (including phenoxy) is 1. The third-order valence-electron chi connectivity index (χ3n) is 3.80. The highest BCUT2D eigenvalue weighted by Crippen LogP contribution is 2.26. The van der Waals surface area contributed by atoms with Crippen LogP contribution in [0.3, 0.4) is 0 Å². The van der Waals surface area contributed by atoms with Crippen LogP contribution in [-0.4, -0.2) is 18.7 Å². The van der Waals surface area contributed by atoms with Gasteiger partial charge < -0.3 is 10.1 Å². The molecule has 2 heteroatoms. The molecule has 1 unspecified atom stereocenters. The van der Waals surface area contributed by atoms with E-state index in [-0.39, 0.29) is 11.6 Å². The quantitative estimate of drug-likeness (QED) is 0.893. The largest absolute Gasteiger partial charge is 0.370 e. The summed E-state index contributed by atoms with van der Waals surface area (Å²) in [6, 6.07) is 19.1. The summed E-state index contributed by atoms with van der Waals surface area (Å²) in [5.41, 5.74) is 3.83. The van der Waals surface area contributed by atoms with Gasteiger partial charge in [-0.15, -0.1) is 0 Å². The Morgan fingerprint density at radius 1 is 0.950 bits per heavy atom. The lowest BCUT2D eigenvalue weighted by molar-refractivity contribution is -0.0228. The zero-order chi connectivity index (χ0) is 14.0. The van der Waals surface area contributed by atoms with E-state index in [4.69, 9.17) is 4.74 Å². The van der Waals surface area contributed by atoms with Gasteiger partial charge in [-0.2, -0.15) is 0 Å². The maximum Gasteiger partial charge on any atom is 0.0950 e. The van der Waals surface area contributed by atoms with E-state index in [1.54, 1.807) is 0 Å². The van der Waals surface area contributed by atoms with Crippen LogP contribution in [0.25, 0.3) is 11.1 Å². The van der Waals surface area contributed by atoms with E-state index in [0.717, 1.165) is 13.2 Å². The summed E-state index contributed by atoms with van der Waals surface area (Å²) in [6.45, 7) is 5.96. The molecule has 1 saturated heterocycles. The van der Waals surface area contributed by atoms with E-state index >= 15 is 0 Å². The minimum atomic E-state index is 0.0838. The second-order valence-corrected chi connectivity index (χ2v) is 6.05. The molecule has 2 aromatic carbocycles. The van der Waals surface area contributed by atoms with Crippen molar-refractivity contribution in [1.29, 1.82) is 0 Å². The van der Waals surface area contributed by atoms with Gasteiger partial charge in [0.15, 0.2) is 0 Å². The molecule has 1 fully saturated rings. The molecule has 0 saturated carbocycles. The number of morpholine rings is 1. The molecule has 1 aliphatic rings. The first-order chi connectivity index (χ1) is 9.64. The van der Waals surface area contributed by atoms with Crippen molar-refractivity contribution in [3.05, 3.63) is 60.2 Å². The lowest BCUT2D eigenvalue weighted by atomic mass is 9.99. The van der Waals surface area contributed by atoms with Crippen LogP contribution in [0, 0.1) is 0 Å². The molecule has 1 N–H and O–H groups in total. The fraction of sp³-hybridized carbons (Fsp3) is 0.333. The number of rotatable bonds is 2. The molecule has 20 heavy (non-hydrogen) atoms. The second kappa shape index (κ2) is 5.39. The van der Waals surface area contributed by atoms with Crippen molar-refractivity contribution in [1.82, 2.24) is 5.32 Å². The van der Waals surface area contributed by atoms with Crippen LogP contribution in [0.4, 0.5) is 0 Å². The average Bonchev–Trinajstić information content (AvgIpc) is 2.48. The van der Waals surface area contributed by atoms with Crippen LogP contribution in [0.1, 0.15) is 25.5 Å². The smallest absolute Gasteiger partial charge is 0.0950 e. The first-order valence-electron chi connectivity index (χ1n) is 7.16. The summed E-state index contributed by atoms with van der Waals surface area (Å²) < 4.78 is 5.96. The monoisotopic (exact) mass is 267 g/mol. The molecule has 0 amide bonds. The van der Waals surface area contributed by atoms with Crippen LogP contribution in [0.5, 0.6) is 0 Å². The van der Waals surface area contributed by atoms with Crippen molar-refractivity contribution in [2.45, 2.75) is 25.5 Å². The first kappa shape index (κ1) is 13.3. The Morgan fingerprint density at radius 3 is 2.20 bits per heavy atom. The van der Waals surface area contributed by atoms with E-state index < -0.39 is 0 Å². The highest BCUT2D eigenvalue weighted by Gasteiger charge is 2.27.